The third kappa shape index (κ3) is 3.83. The lowest BCUT2D eigenvalue weighted by Gasteiger charge is -2.22. The Labute approximate surface area is 100 Å². The topological polar surface area (TPSA) is 68.2 Å². The van der Waals surface area contributed by atoms with E-state index in [1.54, 1.807) is 12.5 Å². The molecule has 2 N–H and O–H groups in total. The molecule has 0 bridgehead atoms. The van der Waals surface area contributed by atoms with Crippen molar-refractivity contribution in [1.29, 1.82) is 0 Å². The van der Waals surface area contributed by atoms with Crippen LogP contribution in [0.3, 0.4) is 0 Å². The summed E-state index contributed by atoms with van der Waals surface area (Å²) in [6, 6.07) is 0. The Bertz CT molecular complexity index is 333. The van der Waals surface area contributed by atoms with E-state index in [0.29, 0.717) is 19.7 Å². The van der Waals surface area contributed by atoms with Gasteiger partial charge < -0.3 is 19.9 Å². The maximum absolute atomic E-state index is 11.7. The van der Waals surface area contributed by atoms with Gasteiger partial charge >= 0.3 is 0 Å². The van der Waals surface area contributed by atoms with Crippen LogP contribution in [0, 0.1) is 0 Å². The van der Waals surface area contributed by atoms with Crippen molar-refractivity contribution in [3.05, 3.63) is 18.7 Å². The van der Waals surface area contributed by atoms with E-state index in [-0.39, 0.29) is 12.0 Å². The fourth-order valence-corrected chi connectivity index (χ4v) is 1.74. The molecule has 1 aromatic heterocycles. The van der Waals surface area contributed by atoms with Gasteiger partial charge in [0.05, 0.1) is 12.9 Å². The Kier molecular flexibility index (Phi) is 4.52. The molecule has 0 saturated carbocycles. The first-order valence-corrected chi connectivity index (χ1v) is 5.92. The molecule has 1 amide bonds. The number of ether oxygens (including phenoxy) is 1. The van der Waals surface area contributed by atoms with Crippen LogP contribution in [0.25, 0.3) is 0 Å². The smallest absolute Gasteiger partial charge is 0.250 e. The summed E-state index contributed by atoms with van der Waals surface area (Å²) in [5.74, 6) is -0.0252. The number of carbonyl (C=O) groups excluding carboxylic acids is 1. The number of nitrogens with one attached hydrogen (secondary N) is 2. The number of aromatic nitrogens is 2. The van der Waals surface area contributed by atoms with Gasteiger partial charge in [0, 0.05) is 38.6 Å². The Balaban J connectivity index is 1.59. The molecule has 17 heavy (non-hydrogen) atoms. The lowest BCUT2D eigenvalue weighted by atomic mass is 10.3. The Morgan fingerprint density at radius 3 is 3.29 bits per heavy atom. The number of hydrogen-bond donors (Lipinski definition) is 2. The summed E-state index contributed by atoms with van der Waals surface area (Å²) in [6.45, 7) is 3.56. The number of nitrogens with zero attached hydrogens (tertiary/aromatic N) is 2. The summed E-state index contributed by atoms with van der Waals surface area (Å²) in [6.07, 6.45) is 5.99. The number of amides is 1. The quantitative estimate of drug-likeness (QED) is 0.671. The van der Waals surface area contributed by atoms with Crippen LogP contribution < -0.4 is 10.6 Å². The fourth-order valence-electron chi connectivity index (χ4n) is 1.74. The van der Waals surface area contributed by atoms with Gasteiger partial charge in [0.25, 0.3) is 0 Å². The van der Waals surface area contributed by atoms with E-state index in [1.807, 2.05) is 10.8 Å². The number of hydrogen-bond acceptors (Lipinski definition) is 4. The minimum atomic E-state index is -0.336. The van der Waals surface area contributed by atoms with Crippen LogP contribution in [0.15, 0.2) is 18.7 Å². The second-order valence-electron chi connectivity index (χ2n) is 4.01. The highest BCUT2D eigenvalue weighted by Gasteiger charge is 2.20. The second-order valence-corrected chi connectivity index (χ2v) is 4.01. The van der Waals surface area contributed by atoms with E-state index in [2.05, 4.69) is 15.6 Å². The molecular weight excluding hydrogens is 220 g/mol. The fraction of sp³-hybridized carbons (Fsp3) is 0.636. The number of carbonyl (C=O) groups is 1. The molecule has 1 saturated heterocycles. The standard InChI is InChI=1S/C11H18N4O2/c16-11(10-8-12-4-7-17-10)14-2-1-5-15-6-3-13-9-15/h3,6,9-10,12H,1-2,4-5,7-8H2,(H,14,16). The van der Waals surface area contributed by atoms with Crippen LogP contribution in [0.4, 0.5) is 0 Å². The van der Waals surface area contributed by atoms with Gasteiger partial charge in [-0.25, -0.2) is 4.98 Å². The molecule has 0 radical (unpaired) electrons. The van der Waals surface area contributed by atoms with Crippen molar-refractivity contribution in [2.24, 2.45) is 0 Å². The van der Waals surface area contributed by atoms with Crippen LogP contribution >= 0.6 is 0 Å². The largest absolute Gasteiger partial charge is 0.366 e. The average Bonchev–Trinajstić information content (AvgIpc) is 2.88. The van der Waals surface area contributed by atoms with E-state index in [0.717, 1.165) is 19.5 Å². The van der Waals surface area contributed by atoms with Crippen molar-refractivity contribution in [3.63, 3.8) is 0 Å². The Morgan fingerprint density at radius 1 is 1.65 bits per heavy atom. The van der Waals surface area contributed by atoms with E-state index < -0.39 is 0 Å². The molecular formula is C11H18N4O2. The van der Waals surface area contributed by atoms with E-state index in [4.69, 9.17) is 4.74 Å². The summed E-state index contributed by atoms with van der Waals surface area (Å²) in [4.78, 5) is 15.6. The predicted molar refractivity (Wildman–Crippen MR) is 62.5 cm³/mol. The molecule has 1 aliphatic heterocycles. The first-order chi connectivity index (χ1) is 8.36. The molecule has 2 rings (SSSR count). The van der Waals surface area contributed by atoms with E-state index in [1.165, 1.54) is 0 Å². The van der Waals surface area contributed by atoms with Crippen LogP contribution in [-0.4, -0.2) is 47.8 Å². The molecule has 0 spiro atoms. The molecule has 6 heteroatoms. The number of imidazole rings is 1. The molecule has 1 fully saturated rings. The normalized spacial score (nSPS) is 20.1. The van der Waals surface area contributed by atoms with Gasteiger partial charge in [0.1, 0.15) is 6.10 Å². The average molecular weight is 238 g/mol. The zero-order chi connectivity index (χ0) is 11.9. The lowest BCUT2D eigenvalue weighted by molar-refractivity contribution is -0.134. The second kappa shape index (κ2) is 6.36. The van der Waals surface area contributed by atoms with Gasteiger partial charge in [-0.15, -0.1) is 0 Å². The third-order valence-electron chi connectivity index (χ3n) is 2.67. The number of morpholine rings is 1. The van der Waals surface area contributed by atoms with E-state index in [9.17, 15) is 4.79 Å². The number of rotatable bonds is 5. The molecule has 1 unspecified atom stereocenters. The van der Waals surface area contributed by atoms with Crippen molar-refractivity contribution in [2.45, 2.75) is 19.1 Å². The highest BCUT2D eigenvalue weighted by molar-refractivity contribution is 5.81. The summed E-state index contributed by atoms with van der Waals surface area (Å²) < 4.78 is 7.34. The molecule has 2 heterocycles. The summed E-state index contributed by atoms with van der Waals surface area (Å²) in [7, 11) is 0. The van der Waals surface area contributed by atoms with Gasteiger partial charge in [0.15, 0.2) is 0 Å². The molecule has 94 valence electrons. The highest BCUT2D eigenvalue weighted by Crippen LogP contribution is 1.96. The maximum Gasteiger partial charge on any atom is 0.250 e. The van der Waals surface area contributed by atoms with Crippen molar-refractivity contribution >= 4 is 5.91 Å². The van der Waals surface area contributed by atoms with Crippen LogP contribution in [-0.2, 0) is 16.1 Å². The van der Waals surface area contributed by atoms with Crippen molar-refractivity contribution in [2.75, 3.05) is 26.2 Å². The van der Waals surface area contributed by atoms with Gasteiger partial charge in [-0.3, -0.25) is 4.79 Å². The first kappa shape index (κ1) is 12.1. The predicted octanol–water partition coefficient (Wildman–Crippen LogP) is -0.622. The molecule has 1 atom stereocenters. The van der Waals surface area contributed by atoms with Crippen molar-refractivity contribution < 1.29 is 9.53 Å². The van der Waals surface area contributed by atoms with Crippen LogP contribution in [0.5, 0.6) is 0 Å². The van der Waals surface area contributed by atoms with Gasteiger partial charge in [0.2, 0.25) is 5.91 Å². The Hall–Kier alpha value is -1.40. The minimum Gasteiger partial charge on any atom is -0.366 e. The van der Waals surface area contributed by atoms with Crippen LogP contribution in [0.1, 0.15) is 6.42 Å². The first-order valence-electron chi connectivity index (χ1n) is 5.92. The SMILES string of the molecule is O=C(NCCCn1ccnc1)C1CNCCO1. The zero-order valence-electron chi connectivity index (χ0n) is 9.76. The monoisotopic (exact) mass is 238 g/mol. The number of aryl methyl sites for hydroxylation is 1. The lowest BCUT2D eigenvalue weighted by Crippen LogP contribution is -2.48. The van der Waals surface area contributed by atoms with Crippen LogP contribution in [0.2, 0.25) is 0 Å². The minimum absolute atomic E-state index is 0.0252. The van der Waals surface area contributed by atoms with E-state index >= 15 is 0 Å². The molecule has 1 aliphatic rings. The van der Waals surface area contributed by atoms with Gasteiger partial charge in [-0.05, 0) is 6.42 Å². The maximum atomic E-state index is 11.7. The summed E-state index contributed by atoms with van der Waals surface area (Å²) in [5.41, 5.74) is 0. The summed E-state index contributed by atoms with van der Waals surface area (Å²) >= 11 is 0. The van der Waals surface area contributed by atoms with Gasteiger partial charge in [-0.2, -0.15) is 0 Å². The highest BCUT2D eigenvalue weighted by atomic mass is 16.5. The van der Waals surface area contributed by atoms with Crippen molar-refractivity contribution in [3.8, 4) is 0 Å². The molecule has 6 nitrogen and oxygen atoms in total. The third-order valence-corrected chi connectivity index (χ3v) is 2.67. The van der Waals surface area contributed by atoms with Gasteiger partial charge in [-0.1, -0.05) is 0 Å². The Morgan fingerprint density at radius 2 is 2.59 bits per heavy atom. The molecule has 0 aliphatic carbocycles. The zero-order valence-corrected chi connectivity index (χ0v) is 9.76. The molecule has 0 aromatic carbocycles. The summed E-state index contributed by atoms with van der Waals surface area (Å²) in [5, 5.41) is 6.01. The van der Waals surface area contributed by atoms with Crippen molar-refractivity contribution in [1.82, 2.24) is 20.2 Å². The molecule has 1 aromatic rings.